The summed E-state index contributed by atoms with van der Waals surface area (Å²) in [7, 11) is 5.87. The highest BCUT2D eigenvalue weighted by atomic mass is 16.3. The van der Waals surface area contributed by atoms with Gasteiger partial charge in [0.25, 0.3) is 0 Å². The van der Waals surface area contributed by atoms with Gasteiger partial charge in [-0.2, -0.15) is 0 Å². The van der Waals surface area contributed by atoms with E-state index in [1.165, 1.54) is 87.0 Å². The van der Waals surface area contributed by atoms with Crippen LogP contribution in [0.2, 0.25) is 0 Å². The SMILES string of the molecule is Cc1cc[n+](C)c(-c2c(C)ccc3c2oc2cc4ccc5ccccc5c4cc23)c1.[2H]C([2H])([2H])c1c[n+](C)c(-c2c(C)ccc3c2oc2cc4ccc5ccccc5c4cc23)cc1C.[2H]C([2H])([2H])c1ccc(-c2c(C)ccc3c2oc2cc4ccc5ccccc5c4cc23)[n+](C)c1. The van der Waals surface area contributed by atoms with Crippen molar-refractivity contribution in [3.8, 4) is 33.8 Å². The van der Waals surface area contributed by atoms with Crippen molar-refractivity contribution in [2.75, 3.05) is 0 Å². The van der Waals surface area contributed by atoms with E-state index in [1.54, 1.807) is 18.5 Å². The zero-order valence-electron chi connectivity index (χ0n) is 58.0. The second-order valence-electron chi connectivity index (χ2n) is 24.8. The lowest BCUT2D eigenvalue weighted by atomic mass is 9.97. The third-order valence-electron chi connectivity index (χ3n) is 18.8. The topological polar surface area (TPSA) is 51.1 Å². The van der Waals surface area contributed by atoms with Gasteiger partial charge in [0.05, 0.1) is 16.7 Å². The number of hydrogen-bond donors (Lipinski definition) is 0. The minimum absolute atomic E-state index is 0.321. The van der Waals surface area contributed by atoms with Gasteiger partial charge < -0.3 is 13.3 Å². The molecule has 6 aromatic heterocycles. The van der Waals surface area contributed by atoms with Gasteiger partial charge in [0.2, 0.25) is 17.1 Å². The molecule has 18 aromatic rings. The Hall–Kier alpha value is -11.0. The largest absolute Gasteiger partial charge is 0.455 e. The molecule has 12 aromatic carbocycles. The monoisotopic (exact) mass is 1180 g/mol. The average molecular weight is 1190 g/mol. The van der Waals surface area contributed by atoms with Gasteiger partial charge in [-0.15, -0.1) is 0 Å². The molecular weight excluding hydrogens is 1110 g/mol. The second-order valence-corrected chi connectivity index (χ2v) is 24.8. The fraction of sp³-hybridized carbons (Fsp3) is 0.118. The van der Waals surface area contributed by atoms with E-state index >= 15 is 0 Å². The lowest BCUT2D eigenvalue weighted by Crippen LogP contribution is -2.31. The molecule has 0 saturated heterocycles. The van der Waals surface area contributed by atoms with Gasteiger partial charge in [0.15, 0.2) is 18.6 Å². The molecule has 0 aliphatic heterocycles. The molecule has 438 valence electrons. The molecule has 0 aliphatic rings. The van der Waals surface area contributed by atoms with Crippen LogP contribution in [-0.4, -0.2) is 0 Å². The zero-order chi connectivity index (χ0) is 67.1. The molecule has 0 saturated carbocycles. The Bertz CT molecular complexity index is 6350. The number of benzene rings is 12. The highest BCUT2D eigenvalue weighted by molar-refractivity contribution is 6.21. The van der Waals surface area contributed by atoms with Crippen LogP contribution in [0.3, 0.4) is 0 Å². The second kappa shape index (κ2) is 21.4. The number of hydrogen-bond acceptors (Lipinski definition) is 3. The van der Waals surface area contributed by atoms with Crippen molar-refractivity contribution in [3.05, 3.63) is 270 Å². The number of furan rings is 3. The van der Waals surface area contributed by atoms with Gasteiger partial charge in [-0.25, -0.2) is 13.7 Å². The third kappa shape index (κ3) is 9.18. The van der Waals surface area contributed by atoms with E-state index in [9.17, 15) is 0 Å². The van der Waals surface area contributed by atoms with Crippen molar-refractivity contribution < 1.29 is 35.2 Å². The Morgan fingerprint density at radius 3 is 1.11 bits per heavy atom. The molecule has 0 fully saturated rings. The van der Waals surface area contributed by atoms with Gasteiger partial charge in [-0.1, -0.05) is 146 Å². The molecule has 0 atom stereocenters. The number of aromatic nitrogens is 3. The van der Waals surface area contributed by atoms with Crippen molar-refractivity contribution in [1.82, 2.24) is 0 Å². The van der Waals surface area contributed by atoms with E-state index in [0.717, 1.165) is 105 Å². The molecule has 6 heterocycles. The first-order valence-electron chi connectivity index (χ1n) is 33.9. The normalized spacial score (nSPS) is 13.1. The predicted octanol–water partition coefficient (Wildman–Crippen LogP) is 21.3. The van der Waals surface area contributed by atoms with Crippen LogP contribution < -0.4 is 13.7 Å². The number of fused-ring (bicyclic) bond motifs is 18. The van der Waals surface area contributed by atoms with E-state index < -0.39 is 13.7 Å². The van der Waals surface area contributed by atoms with Crippen LogP contribution in [-0.2, 0) is 21.1 Å². The third-order valence-corrected chi connectivity index (χ3v) is 18.8. The minimum Gasteiger partial charge on any atom is -0.455 e. The van der Waals surface area contributed by atoms with E-state index in [4.69, 9.17) is 21.5 Å². The summed E-state index contributed by atoms with van der Waals surface area (Å²) < 4.78 is 72.2. The molecule has 0 amide bonds. The summed E-state index contributed by atoms with van der Waals surface area (Å²) >= 11 is 0. The molecule has 0 radical (unpaired) electrons. The maximum atomic E-state index is 7.86. The van der Waals surface area contributed by atoms with E-state index in [0.29, 0.717) is 11.1 Å². The molecule has 6 heteroatoms. The predicted molar refractivity (Wildman–Crippen MR) is 379 cm³/mol. The van der Waals surface area contributed by atoms with Crippen LogP contribution in [0.4, 0.5) is 0 Å². The molecule has 0 aliphatic carbocycles. The molecule has 0 N–H and O–H groups in total. The summed E-state index contributed by atoms with van der Waals surface area (Å²) in [6.45, 7) is 5.99. The fourth-order valence-corrected chi connectivity index (χ4v) is 14.1. The van der Waals surface area contributed by atoms with Crippen molar-refractivity contribution in [2.45, 2.75) is 48.3 Å². The standard InChI is InChI=1S/C29H24NO.2C28H22NO/c1-17-9-12-23-25-15-24-21(11-10-20-7-5-6-8-22(20)24)14-27(25)31-29(23)28(17)26-13-18(2)19(3)16-30(26)4;1-17-8-13-25(29(3)16-17)27-18(2)9-12-22-24-15-23-20(14-26(24)30-28(22)27)11-10-19-6-4-5-7-21(19)23;1-17-12-13-29(3)25(14-17)27-18(2)8-11-22-24-16-23-20(15-26(24)30-28(22)27)10-9-19-6-4-5-7-21(19)23/h5-16H,1-4H3;2*4-16H,1-3H3/q3*+1/i3D3;1D3;. The highest BCUT2D eigenvalue weighted by Crippen LogP contribution is 2.44. The van der Waals surface area contributed by atoms with Crippen LogP contribution >= 0.6 is 0 Å². The Morgan fingerprint density at radius 1 is 0.275 bits per heavy atom. The van der Waals surface area contributed by atoms with E-state index in [2.05, 4.69) is 240 Å². The van der Waals surface area contributed by atoms with Gasteiger partial charge in [-0.05, 0) is 183 Å². The van der Waals surface area contributed by atoms with Crippen LogP contribution in [0, 0.1) is 48.3 Å². The Balaban J connectivity index is 0.000000114. The quantitative estimate of drug-likeness (QED) is 0.131. The van der Waals surface area contributed by atoms with Crippen LogP contribution in [0.25, 0.3) is 164 Å². The van der Waals surface area contributed by atoms with Crippen molar-refractivity contribution in [3.63, 3.8) is 0 Å². The van der Waals surface area contributed by atoms with Gasteiger partial charge in [0, 0.05) is 75.9 Å². The van der Waals surface area contributed by atoms with Gasteiger partial charge in [-0.3, -0.25) is 0 Å². The van der Waals surface area contributed by atoms with Crippen molar-refractivity contribution >= 4 is 130 Å². The van der Waals surface area contributed by atoms with E-state index in [-0.39, 0.29) is 0 Å². The van der Waals surface area contributed by atoms with Gasteiger partial charge >= 0.3 is 0 Å². The Kier molecular flexibility index (Phi) is 11.5. The van der Waals surface area contributed by atoms with Crippen LogP contribution in [0.5, 0.6) is 0 Å². The molecule has 0 bridgehead atoms. The summed E-state index contributed by atoms with van der Waals surface area (Å²) in [6.07, 6.45) is 5.52. The maximum Gasteiger partial charge on any atom is 0.216 e. The first-order chi connectivity index (χ1) is 46.6. The zero-order valence-corrected chi connectivity index (χ0v) is 52.0. The van der Waals surface area contributed by atoms with Crippen LogP contribution in [0.1, 0.15) is 47.2 Å². The summed E-state index contributed by atoms with van der Waals surface area (Å²) in [5.41, 5.74) is 17.5. The van der Waals surface area contributed by atoms with Crippen molar-refractivity contribution in [1.29, 1.82) is 0 Å². The molecule has 91 heavy (non-hydrogen) atoms. The number of nitrogens with zero attached hydrogens (tertiary/aromatic N) is 3. The van der Waals surface area contributed by atoms with Crippen molar-refractivity contribution in [2.24, 2.45) is 21.1 Å². The molecule has 18 rings (SSSR count). The molecule has 6 nitrogen and oxygen atoms in total. The first kappa shape index (κ1) is 49.0. The number of aryl methyl sites for hydroxylation is 10. The summed E-state index contributed by atoms with van der Waals surface area (Å²) in [5.74, 6) is 0. The Morgan fingerprint density at radius 2 is 0.681 bits per heavy atom. The maximum absolute atomic E-state index is 7.86. The minimum atomic E-state index is -2.15. The molecule has 0 unspecified atom stereocenters. The smallest absolute Gasteiger partial charge is 0.216 e. The molecular formula is C85H68N3O3+3. The summed E-state index contributed by atoms with van der Waals surface area (Å²) in [6, 6.07) is 74.4. The fourth-order valence-electron chi connectivity index (χ4n) is 14.1. The van der Waals surface area contributed by atoms with Crippen LogP contribution in [0.15, 0.2) is 244 Å². The van der Waals surface area contributed by atoms with E-state index in [1.807, 2.05) is 42.3 Å². The molecule has 0 spiro atoms. The van der Waals surface area contributed by atoms with Gasteiger partial charge in [0.1, 0.15) is 54.6 Å². The first-order valence-corrected chi connectivity index (χ1v) is 30.9. The Labute approximate surface area is 536 Å². The highest BCUT2D eigenvalue weighted by Gasteiger charge is 2.25. The number of rotatable bonds is 3. The number of pyridine rings is 3. The summed E-state index contributed by atoms with van der Waals surface area (Å²) in [4.78, 5) is 0. The lowest BCUT2D eigenvalue weighted by Gasteiger charge is -2.07. The lowest BCUT2D eigenvalue weighted by molar-refractivity contribution is -0.660. The average Bonchev–Trinajstić information content (AvgIpc) is 1.64. The summed E-state index contributed by atoms with van der Waals surface area (Å²) in [5, 5.41) is 21.2.